The fourth-order valence-corrected chi connectivity index (χ4v) is 3.33. The van der Waals surface area contributed by atoms with Crippen LogP contribution in [0.3, 0.4) is 0 Å². The van der Waals surface area contributed by atoms with Gasteiger partial charge in [0.2, 0.25) is 0 Å². The molecule has 0 bridgehead atoms. The summed E-state index contributed by atoms with van der Waals surface area (Å²) >= 11 is 0. The lowest BCUT2D eigenvalue weighted by atomic mass is 10.1. The minimum absolute atomic E-state index is 0.108. The van der Waals surface area contributed by atoms with Crippen LogP contribution < -0.4 is 10.2 Å². The van der Waals surface area contributed by atoms with E-state index in [2.05, 4.69) is 27.0 Å². The number of piperidine rings is 1. The molecule has 2 aliphatic rings. The van der Waals surface area contributed by atoms with E-state index in [1.165, 1.54) is 0 Å². The average Bonchev–Trinajstić information content (AvgIpc) is 2.63. The highest BCUT2D eigenvalue weighted by Crippen LogP contribution is 2.17. The van der Waals surface area contributed by atoms with Crippen LogP contribution in [0.25, 0.3) is 0 Å². The Hall–Kier alpha value is -1.82. The number of piperazine rings is 1. The van der Waals surface area contributed by atoms with E-state index in [1.807, 2.05) is 29.3 Å². The second kappa shape index (κ2) is 7.64. The third-order valence-electron chi connectivity index (χ3n) is 4.90. The van der Waals surface area contributed by atoms with Crippen LogP contribution in [0, 0.1) is 0 Å². The van der Waals surface area contributed by atoms with Crippen molar-refractivity contribution >= 4 is 11.8 Å². The molecule has 0 aliphatic carbocycles. The van der Waals surface area contributed by atoms with Crippen molar-refractivity contribution in [1.82, 2.24) is 20.1 Å². The van der Waals surface area contributed by atoms with E-state index >= 15 is 0 Å². The van der Waals surface area contributed by atoms with Gasteiger partial charge in [-0.2, -0.15) is 0 Å². The van der Waals surface area contributed by atoms with Gasteiger partial charge in [-0.15, -0.1) is 0 Å². The Labute approximate surface area is 138 Å². The predicted octanol–water partition coefficient (Wildman–Crippen LogP) is 1.40. The molecule has 126 valence electrons. The van der Waals surface area contributed by atoms with Crippen molar-refractivity contribution in [1.29, 1.82) is 0 Å². The number of anilines is 1. The number of hydrogen-bond donors (Lipinski definition) is 1. The van der Waals surface area contributed by atoms with Gasteiger partial charge in [0.25, 0.3) is 0 Å². The molecule has 2 fully saturated rings. The maximum Gasteiger partial charge on any atom is 0.317 e. The zero-order valence-corrected chi connectivity index (χ0v) is 13.9. The monoisotopic (exact) mass is 317 g/mol. The van der Waals surface area contributed by atoms with Crippen LogP contribution in [0.2, 0.25) is 0 Å². The molecule has 2 aliphatic heterocycles. The fraction of sp³-hybridized carbons (Fsp3) is 0.647. The summed E-state index contributed by atoms with van der Waals surface area (Å²) in [6.07, 6.45) is 3.80. The molecule has 0 atom stereocenters. The number of nitrogens with zero attached hydrogens (tertiary/aromatic N) is 4. The highest BCUT2D eigenvalue weighted by atomic mass is 16.2. The highest BCUT2D eigenvalue weighted by Gasteiger charge is 2.25. The summed E-state index contributed by atoms with van der Waals surface area (Å²) in [7, 11) is 0. The second-order valence-corrected chi connectivity index (χ2v) is 6.32. The van der Waals surface area contributed by atoms with Crippen molar-refractivity contribution < 1.29 is 4.79 Å². The standard InChI is InChI=1S/C17H27N5O/c1-2-20-11-13-22(14-12-20)17(23)19-15-6-9-21(10-7-15)16-5-3-4-8-18-16/h3-5,8,15H,2,6-7,9-14H2,1H3,(H,19,23). The number of amides is 2. The zero-order chi connectivity index (χ0) is 16.1. The van der Waals surface area contributed by atoms with Crippen molar-refractivity contribution in [2.24, 2.45) is 0 Å². The summed E-state index contributed by atoms with van der Waals surface area (Å²) in [5.74, 6) is 1.04. The van der Waals surface area contributed by atoms with Gasteiger partial charge in [-0.1, -0.05) is 13.0 Å². The Balaban J connectivity index is 1.43. The smallest absolute Gasteiger partial charge is 0.317 e. The van der Waals surface area contributed by atoms with Crippen molar-refractivity contribution in [2.75, 3.05) is 50.7 Å². The number of urea groups is 1. The molecule has 3 rings (SSSR count). The minimum Gasteiger partial charge on any atom is -0.356 e. The molecule has 0 unspecified atom stereocenters. The first-order chi connectivity index (χ1) is 11.3. The number of carbonyl (C=O) groups is 1. The number of likely N-dealkylation sites (N-methyl/N-ethyl adjacent to an activating group) is 1. The van der Waals surface area contributed by atoms with Crippen molar-refractivity contribution in [2.45, 2.75) is 25.8 Å². The quantitative estimate of drug-likeness (QED) is 0.915. The van der Waals surface area contributed by atoms with E-state index in [0.717, 1.165) is 64.5 Å². The molecule has 0 aromatic carbocycles. The van der Waals surface area contributed by atoms with Gasteiger partial charge in [0, 0.05) is 51.5 Å². The predicted molar refractivity (Wildman–Crippen MR) is 91.7 cm³/mol. The molecule has 2 saturated heterocycles. The molecular formula is C17H27N5O. The minimum atomic E-state index is 0.108. The number of aromatic nitrogens is 1. The Kier molecular flexibility index (Phi) is 5.33. The van der Waals surface area contributed by atoms with Crippen molar-refractivity contribution in [3.8, 4) is 0 Å². The first-order valence-corrected chi connectivity index (χ1v) is 8.70. The van der Waals surface area contributed by atoms with Crippen molar-refractivity contribution in [3.63, 3.8) is 0 Å². The van der Waals surface area contributed by atoms with Gasteiger partial charge in [-0.05, 0) is 31.5 Å². The molecule has 0 saturated carbocycles. The van der Waals surface area contributed by atoms with Crippen molar-refractivity contribution in [3.05, 3.63) is 24.4 Å². The van der Waals surface area contributed by atoms with Gasteiger partial charge in [0.05, 0.1) is 0 Å². The van der Waals surface area contributed by atoms with Crippen LogP contribution in [0.4, 0.5) is 10.6 Å². The Morgan fingerprint density at radius 3 is 2.52 bits per heavy atom. The summed E-state index contributed by atoms with van der Waals surface area (Å²) in [4.78, 5) is 23.4. The normalized spacial score (nSPS) is 20.6. The number of pyridine rings is 1. The van der Waals surface area contributed by atoms with E-state index in [0.29, 0.717) is 0 Å². The zero-order valence-electron chi connectivity index (χ0n) is 13.9. The lowest BCUT2D eigenvalue weighted by molar-refractivity contribution is 0.139. The number of carbonyl (C=O) groups excluding carboxylic acids is 1. The Bertz CT molecular complexity index is 493. The van der Waals surface area contributed by atoms with E-state index in [9.17, 15) is 4.79 Å². The van der Waals surface area contributed by atoms with E-state index < -0.39 is 0 Å². The summed E-state index contributed by atoms with van der Waals surface area (Å²) in [5.41, 5.74) is 0. The maximum absolute atomic E-state index is 12.4. The number of rotatable bonds is 3. The number of nitrogens with one attached hydrogen (secondary N) is 1. The molecule has 23 heavy (non-hydrogen) atoms. The van der Waals surface area contributed by atoms with Crippen LogP contribution in [0.15, 0.2) is 24.4 Å². The topological polar surface area (TPSA) is 51.7 Å². The van der Waals surface area contributed by atoms with Crippen LogP contribution in [-0.4, -0.2) is 72.7 Å². The van der Waals surface area contributed by atoms with E-state index in [4.69, 9.17) is 0 Å². The van der Waals surface area contributed by atoms with Gasteiger partial charge in [0.1, 0.15) is 5.82 Å². The Morgan fingerprint density at radius 1 is 1.17 bits per heavy atom. The first kappa shape index (κ1) is 16.1. The highest BCUT2D eigenvalue weighted by molar-refractivity contribution is 5.74. The largest absolute Gasteiger partial charge is 0.356 e. The van der Waals surface area contributed by atoms with Crippen LogP contribution in [-0.2, 0) is 0 Å². The van der Waals surface area contributed by atoms with Crippen LogP contribution in [0.5, 0.6) is 0 Å². The molecule has 1 aromatic rings. The lowest BCUT2D eigenvalue weighted by Gasteiger charge is -2.37. The van der Waals surface area contributed by atoms with Gasteiger partial charge in [-0.25, -0.2) is 9.78 Å². The number of hydrogen-bond acceptors (Lipinski definition) is 4. The van der Waals surface area contributed by atoms with E-state index in [1.54, 1.807) is 0 Å². The first-order valence-electron chi connectivity index (χ1n) is 8.70. The van der Waals surface area contributed by atoms with Gasteiger partial charge < -0.3 is 20.0 Å². The second-order valence-electron chi connectivity index (χ2n) is 6.32. The Morgan fingerprint density at radius 2 is 1.91 bits per heavy atom. The van der Waals surface area contributed by atoms with Gasteiger partial charge in [0.15, 0.2) is 0 Å². The molecule has 1 aromatic heterocycles. The lowest BCUT2D eigenvalue weighted by Crippen LogP contribution is -2.54. The molecule has 3 heterocycles. The van der Waals surface area contributed by atoms with Gasteiger partial charge in [-0.3, -0.25) is 0 Å². The SMILES string of the molecule is CCN1CCN(C(=O)NC2CCN(c3ccccn3)CC2)CC1. The third kappa shape index (κ3) is 4.13. The van der Waals surface area contributed by atoms with Crippen LogP contribution in [0.1, 0.15) is 19.8 Å². The summed E-state index contributed by atoms with van der Waals surface area (Å²) in [6, 6.07) is 6.40. The van der Waals surface area contributed by atoms with Gasteiger partial charge >= 0.3 is 6.03 Å². The fourth-order valence-electron chi connectivity index (χ4n) is 3.33. The van der Waals surface area contributed by atoms with E-state index in [-0.39, 0.29) is 12.1 Å². The summed E-state index contributed by atoms with van der Waals surface area (Å²) in [6.45, 7) is 8.80. The summed E-state index contributed by atoms with van der Waals surface area (Å²) < 4.78 is 0. The molecule has 1 N–H and O–H groups in total. The van der Waals surface area contributed by atoms with Crippen LogP contribution >= 0.6 is 0 Å². The molecule has 6 heteroatoms. The molecular weight excluding hydrogens is 290 g/mol. The molecule has 2 amide bonds. The average molecular weight is 317 g/mol. The molecule has 0 spiro atoms. The third-order valence-corrected chi connectivity index (χ3v) is 4.90. The molecule has 6 nitrogen and oxygen atoms in total. The molecule has 0 radical (unpaired) electrons. The summed E-state index contributed by atoms with van der Waals surface area (Å²) in [5, 5.41) is 3.21. The maximum atomic E-state index is 12.4.